The number of carbonyl (C=O) groups is 1. The van der Waals surface area contributed by atoms with E-state index in [0.717, 1.165) is 0 Å². The average molecular weight is 245 g/mol. The standard InChI is InChI=1S/C13H15N3O2/c1-9(2)16-7-5-11(12(16)14)13(17)18-10-4-3-6-15-8-10/h3-9H,14H2,1-2H3. The molecule has 0 radical (unpaired) electrons. The summed E-state index contributed by atoms with van der Waals surface area (Å²) in [5, 5.41) is 0. The number of hydrogen-bond acceptors (Lipinski definition) is 4. The van der Waals surface area contributed by atoms with Gasteiger partial charge in [0.1, 0.15) is 17.1 Å². The quantitative estimate of drug-likeness (QED) is 0.842. The Kier molecular flexibility index (Phi) is 3.32. The third kappa shape index (κ3) is 2.34. The van der Waals surface area contributed by atoms with Crippen molar-refractivity contribution in [2.75, 3.05) is 5.73 Å². The summed E-state index contributed by atoms with van der Waals surface area (Å²) in [6.45, 7) is 3.99. The zero-order valence-electron chi connectivity index (χ0n) is 10.3. The number of nitrogens with two attached hydrogens (primary N) is 1. The molecule has 2 aromatic heterocycles. The van der Waals surface area contributed by atoms with Crippen LogP contribution in [0, 0.1) is 0 Å². The molecule has 0 atom stereocenters. The number of pyridine rings is 1. The topological polar surface area (TPSA) is 70.1 Å². The fourth-order valence-corrected chi connectivity index (χ4v) is 1.65. The Labute approximate surface area is 105 Å². The Morgan fingerprint density at radius 3 is 2.78 bits per heavy atom. The maximum Gasteiger partial charge on any atom is 0.347 e. The van der Waals surface area contributed by atoms with Crippen LogP contribution >= 0.6 is 0 Å². The van der Waals surface area contributed by atoms with Gasteiger partial charge in [-0.3, -0.25) is 4.98 Å². The summed E-state index contributed by atoms with van der Waals surface area (Å²) in [4.78, 5) is 15.8. The second-order valence-corrected chi connectivity index (χ2v) is 4.19. The van der Waals surface area contributed by atoms with Crippen LogP contribution in [0.5, 0.6) is 5.75 Å². The van der Waals surface area contributed by atoms with E-state index >= 15 is 0 Å². The molecule has 18 heavy (non-hydrogen) atoms. The molecule has 0 bridgehead atoms. The highest BCUT2D eigenvalue weighted by Gasteiger charge is 2.16. The smallest absolute Gasteiger partial charge is 0.347 e. The monoisotopic (exact) mass is 245 g/mol. The fourth-order valence-electron chi connectivity index (χ4n) is 1.65. The third-order valence-electron chi connectivity index (χ3n) is 2.58. The Hall–Kier alpha value is -2.30. The molecule has 0 fully saturated rings. The molecule has 0 saturated carbocycles. The lowest BCUT2D eigenvalue weighted by atomic mass is 10.3. The second-order valence-electron chi connectivity index (χ2n) is 4.19. The number of ether oxygens (including phenoxy) is 1. The molecule has 0 amide bonds. The number of carbonyl (C=O) groups excluding carboxylic acids is 1. The number of rotatable bonds is 3. The van der Waals surface area contributed by atoms with Gasteiger partial charge in [0.25, 0.3) is 0 Å². The van der Waals surface area contributed by atoms with E-state index in [1.165, 1.54) is 6.20 Å². The molecular formula is C13H15N3O2. The van der Waals surface area contributed by atoms with Crippen LogP contribution in [0.2, 0.25) is 0 Å². The largest absolute Gasteiger partial charge is 0.421 e. The van der Waals surface area contributed by atoms with Crippen molar-refractivity contribution >= 4 is 11.8 Å². The minimum absolute atomic E-state index is 0.199. The van der Waals surface area contributed by atoms with Gasteiger partial charge >= 0.3 is 5.97 Å². The molecule has 0 saturated heterocycles. The van der Waals surface area contributed by atoms with E-state index in [4.69, 9.17) is 10.5 Å². The van der Waals surface area contributed by atoms with Gasteiger partial charge in [-0.2, -0.15) is 0 Å². The Morgan fingerprint density at radius 1 is 1.44 bits per heavy atom. The number of aromatic nitrogens is 2. The van der Waals surface area contributed by atoms with Crippen LogP contribution in [0.1, 0.15) is 30.2 Å². The molecule has 5 nitrogen and oxygen atoms in total. The van der Waals surface area contributed by atoms with E-state index in [2.05, 4.69) is 4.98 Å². The number of anilines is 1. The number of nitrogens with zero attached hydrogens (tertiary/aromatic N) is 2. The lowest BCUT2D eigenvalue weighted by Gasteiger charge is -2.10. The molecule has 0 unspecified atom stereocenters. The Morgan fingerprint density at radius 2 is 2.22 bits per heavy atom. The van der Waals surface area contributed by atoms with Crippen molar-refractivity contribution in [2.24, 2.45) is 0 Å². The van der Waals surface area contributed by atoms with Gasteiger partial charge in [0.15, 0.2) is 0 Å². The van der Waals surface area contributed by atoms with Gasteiger partial charge in [0, 0.05) is 18.4 Å². The van der Waals surface area contributed by atoms with Gasteiger partial charge in [0.2, 0.25) is 0 Å². The zero-order chi connectivity index (χ0) is 13.1. The van der Waals surface area contributed by atoms with Gasteiger partial charge in [-0.1, -0.05) is 0 Å². The summed E-state index contributed by atoms with van der Waals surface area (Å²) in [5.74, 6) is 0.345. The SMILES string of the molecule is CC(C)n1ccc(C(=O)Oc2cccnc2)c1N. The minimum Gasteiger partial charge on any atom is -0.421 e. The molecule has 94 valence electrons. The Bertz CT molecular complexity index is 547. The predicted molar refractivity (Wildman–Crippen MR) is 68.4 cm³/mol. The Balaban J connectivity index is 2.20. The summed E-state index contributed by atoms with van der Waals surface area (Å²) >= 11 is 0. The van der Waals surface area contributed by atoms with Crippen LogP contribution in [0.4, 0.5) is 5.82 Å². The first kappa shape index (κ1) is 12.2. The van der Waals surface area contributed by atoms with Gasteiger partial charge in [0.05, 0.1) is 6.20 Å². The van der Waals surface area contributed by atoms with Gasteiger partial charge in [-0.15, -0.1) is 0 Å². The summed E-state index contributed by atoms with van der Waals surface area (Å²) in [6.07, 6.45) is 4.87. The molecule has 2 N–H and O–H groups in total. The minimum atomic E-state index is -0.472. The van der Waals surface area contributed by atoms with Crippen molar-refractivity contribution in [3.63, 3.8) is 0 Å². The molecule has 5 heteroatoms. The van der Waals surface area contributed by atoms with Crippen LogP contribution < -0.4 is 10.5 Å². The van der Waals surface area contributed by atoms with Gasteiger partial charge in [-0.25, -0.2) is 4.79 Å². The first-order chi connectivity index (χ1) is 8.59. The lowest BCUT2D eigenvalue weighted by molar-refractivity contribution is 0.0735. The lowest BCUT2D eigenvalue weighted by Crippen LogP contribution is -2.12. The van der Waals surface area contributed by atoms with E-state index in [-0.39, 0.29) is 6.04 Å². The van der Waals surface area contributed by atoms with Crippen LogP contribution in [-0.2, 0) is 0 Å². The molecule has 0 aliphatic carbocycles. The number of hydrogen-bond donors (Lipinski definition) is 1. The first-order valence-corrected chi connectivity index (χ1v) is 5.68. The molecule has 0 spiro atoms. The van der Waals surface area contributed by atoms with Crippen molar-refractivity contribution in [1.82, 2.24) is 9.55 Å². The summed E-state index contributed by atoms with van der Waals surface area (Å²) in [6, 6.07) is 5.23. The zero-order valence-corrected chi connectivity index (χ0v) is 10.3. The molecule has 2 rings (SSSR count). The predicted octanol–water partition coefficient (Wildman–Crippen LogP) is 2.27. The van der Waals surface area contributed by atoms with E-state index in [0.29, 0.717) is 17.1 Å². The van der Waals surface area contributed by atoms with Crippen LogP contribution in [-0.4, -0.2) is 15.5 Å². The van der Waals surface area contributed by atoms with Crippen LogP contribution in [0.25, 0.3) is 0 Å². The maximum absolute atomic E-state index is 11.9. The van der Waals surface area contributed by atoms with Crippen molar-refractivity contribution < 1.29 is 9.53 Å². The summed E-state index contributed by atoms with van der Waals surface area (Å²) in [7, 11) is 0. The third-order valence-corrected chi connectivity index (χ3v) is 2.58. The number of nitrogen functional groups attached to an aromatic ring is 1. The highest BCUT2D eigenvalue weighted by Crippen LogP contribution is 2.20. The number of esters is 1. The highest BCUT2D eigenvalue weighted by molar-refractivity contribution is 5.95. The molecule has 2 heterocycles. The van der Waals surface area contributed by atoms with E-state index < -0.39 is 5.97 Å². The van der Waals surface area contributed by atoms with Crippen LogP contribution in [0.3, 0.4) is 0 Å². The van der Waals surface area contributed by atoms with Gasteiger partial charge in [-0.05, 0) is 32.0 Å². The van der Waals surface area contributed by atoms with Crippen molar-refractivity contribution in [1.29, 1.82) is 0 Å². The molecular weight excluding hydrogens is 230 g/mol. The van der Waals surface area contributed by atoms with Crippen molar-refractivity contribution in [2.45, 2.75) is 19.9 Å². The first-order valence-electron chi connectivity index (χ1n) is 5.68. The van der Waals surface area contributed by atoms with Crippen LogP contribution in [0.15, 0.2) is 36.8 Å². The van der Waals surface area contributed by atoms with Gasteiger partial charge < -0.3 is 15.0 Å². The highest BCUT2D eigenvalue weighted by atomic mass is 16.5. The van der Waals surface area contributed by atoms with Crippen molar-refractivity contribution in [3.8, 4) is 5.75 Å². The van der Waals surface area contributed by atoms with Crippen molar-refractivity contribution in [3.05, 3.63) is 42.4 Å². The van der Waals surface area contributed by atoms with E-state index in [9.17, 15) is 4.79 Å². The molecule has 2 aromatic rings. The molecule has 0 aliphatic rings. The second kappa shape index (κ2) is 4.91. The maximum atomic E-state index is 11.9. The van der Waals surface area contributed by atoms with E-state index in [1.807, 2.05) is 18.4 Å². The fraction of sp³-hybridized carbons (Fsp3) is 0.231. The van der Waals surface area contributed by atoms with E-state index in [1.54, 1.807) is 30.6 Å². The molecule has 0 aromatic carbocycles. The molecule has 0 aliphatic heterocycles. The summed E-state index contributed by atoms with van der Waals surface area (Å²) in [5.41, 5.74) is 6.27. The summed E-state index contributed by atoms with van der Waals surface area (Å²) < 4.78 is 7.00. The average Bonchev–Trinajstić information content (AvgIpc) is 2.72. The normalized spacial score (nSPS) is 10.6.